The van der Waals surface area contributed by atoms with Gasteiger partial charge < -0.3 is 14.2 Å². The van der Waals surface area contributed by atoms with Gasteiger partial charge in [0.2, 0.25) is 0 Å². The molecule has 51 heavy (non-hydrogen) atoms. The Kier molecular flexibility index (Phi) is 20.4. The normalized spacial score (nSPS) is 18.3. The van der Waals surface area contributed by atoms with E-state index < -0.39 is 0 Å². The van der Waals surface area contributed by atoms with E-state index in [0.29, 0.717) is 0 Å². The summed E-state index contributed by atoms with van der Waals surface area (Å²) in [5.41, 5.74) is 5.27. The third kappa shape index (κ3) is 17.7. The highest BCUT2D eigenvalue weighted by Gasteiger charge is 2.42. The van der Waals surface area contributed by atoms with Crippen LogP contribution in [0.3, 0.4) is 0 Å². The van der Waals surface area contributed by atoms with Gasteiger partial charge >= 0.3 is 0 Å². The molecule has 2 heterocycles. The van der Waals surface area contributed by atoms with Crippen LogP contribution in [-0.2, 0) is 27.1 Å². The second kappa shape index (κ2) is 25.7. The van der Waals surface area contributed by atoms with Crippen LogP contribution < -0.4 is 0 Å². The van der Waals surface area contributed by atoms with Crippen molar-refractivity contribution in [2.45, 2.75) is 140 Å². The second-order valence-electron chi connectivity index (χ2n) is 14.2. The smallest absolute Gasteiger partial charge is 0.112 e. The summed E-state index contributed by atoms with van der Waals surface area (Å²) in [5.74, 6) is 0. The first-order valence-corrected chi connectivity index (χ1v) is 20.2. The van der Waals surface area contributed by atoms with E-state index in [0.717, 1.165) is 51.7 Å². The summed E-state index contributed by atoms with van der Waals surface area (Å²) >= 11 is 0. The summed E-state index contributed by atoms with van der Waals surface area (Å²) in [5, 5.41) is 0. The first-order chi connectivity index (χ1) is 25.3. The Morgan fingerprint density at radius 1 is 0.529 bits per heavy atom. The van der Waals surface area contributed by atoms with E-state index in [-0.39, 0.29) is 24.4 Å². The predicted molar refractivity (Wildman–Crippen MR) is 217 cm³/mol. The van der Waals surface area contributed by atoms with Crippen LogP contribution in [0.4, 0.5) is 0 Å². The number of hydrogen-bond donors (Lipinski definition) is 0. The average Bonchev–Trinajstić information content (AvgIpc) is 4.09. The quantitative estimate of drug-likeness (QED) is 0.0465. The van der Waals surface area contributed by atoms with E-state index in [9.17, 15) is 0 Å². The molecule has 3 nitrogen and oxygen atoms in total. The van der Waals surface area contributed by atoms with Gasteiger partial charge in [-0.25, -0.2) is 0 Å². The summed E-state index contributed by atoms with van der Waals surface area (Å²) in [7, 11) is 0. The summed E-state index contributed by atoms with van der Waals surface area (Å²) in [4.78, 5) is 0. The standard InChI is InChI=1S/C48H66O3/c1-3-5-7-9-11-13-15-17-19-21-23-25-27-31-41-33-29-35-43(37-41)47(45-39-49-45)51-48(46-40-50-46)44-36-30-34-42(38-44)32-28-26-24-22-20-18-16-14-12-10-8-6-4-2/h3-4,7-10,13-16,29-30,33-38,45-48H,1-2,5-6,11-12,17-28,31-32,39-40H2. The molecule has 276 valence electrons. The molecular formula is C48H66O3. The molecule has 0 aromatic heterocycles. The van der Waals surface area contributed by atoms with E-state index in [1.807, 2.05) is 12.2 Å². The van der Waals surface area contributed by atoms with Crippen molar-refractivity contribution in [3.63, 3.8) is 0 Å². The first-order valence-electron chi connectivity index (χ1n) is 20.2. The SMILES string of the molecule is C=CCC=CCC=CCCCCCCCc1cccc(C(OC(c2cccc(CCCCCCCC=CCC=CCC=C)c2)C2CO2)C2CO2)c1. The van der Waals surface area contributed by atoms with Gasteiger partial charge in [-0.05, 0) is 99.3 Å². The largest absolute Gasteiger partial charge is 0.370 e. The fraction of sp³-hybridized carbons (Fsp3) is 0.500. The molecule has 2 aliphatic rings. The monoisotopic (exact) mass is 691 g/mol. The van der Waals surface area contributed by atoms with E-state index in [1.54, 1.807) is 0 Å². The molecule has 2 saturated heterocycles. The maximum Gasteiger partial charge on any atom is 0.112 e. The van der Waals surface area contributed by atoms with E-state index in [1.165, 1.54) is 99.3 Å². The van der Waals surface area contributed by atoms with Gasteiger partial charge in [-0.3, -0.25) is 0 Å². The highest BCUT2D eigenvalue weighted by atomic mass is 16.6. The molecule has 3 heteroatoms. The number of benzene rings is 2. The summed E-state index contributed by atoms with van der Waals surface area (Å²) < 4.78 is 18.7. The maximum atomic E-state index is 6.95. The minimum absolute atomic E-state index is 0.0723. The fourth-order valence-corrected chi connectivity index (χ4v) is 6.64. The molecule has 0 N–H and O–H groups in total. The zero-order valence-electron chi connectivity index (χ0n) is 31.5. The van der Waals surface area contributed by atoms with Gasteiger partial charge in [-0.2, -0.15) is 0 Å². The van der Waals surface area contributed by atoms with Crippen molar-refractivity contribution >= 4 is 0 Å². The molecule has 0 spiro atoms. The van der Waals surface area contributed by atoms with Crippen LogP contribution in [0.5, 0.6) is 0 Å². The van der Waals surface area contributed by atoms with E-state index >= 15 is 0 Å². The Morgan fingerprint density at radius 2 is 0.922 bits per heavy atom. The van der Waals surface area contributed by atoms with Crippen molar-refractivity contribution in [3.05, 3.63) is 145 Å². The number of hydrogen-bond acceptors (Lipinski definition) is 3. The molecule has 4 unspecified atom stereocenters. The second-order valence-corrected chi connectivity index (χ2v) is 14.2. The Morgan fingerprint density at radius 3 is 1.35 bits per heavy atom. The number of epoxide rings is 2. The molecule has 0 saturated carbocycles. The van der Waals surface area contributed by atoms with Gasteiger partial charge in [0.15, 0.2) is 0 Å². The van der Waals surface area contributed by atoms with Gasteiger partial charge in [0.05, 0.1) is 13.2 Å². The zero-order valence-corrected chi connectivity index (χ0v) is 31.5. The summed E-state index contributed by atoms with van der Waals surface area (Å²) in [6, 6.07) is 18.1. The van der Waals surface area contributed by atoms with Gasteiger partial charge in [0.1, 0.15) is 24.4 Å². The summed E-state index contributed by atoms with van der Waals surface area (Å²) in [6.07, 6.45) is 43.4. The van der Waals surface area contributed by atoms with Gasteiger partial charge in [0.25, 0.3) is 0 Å². The molecule has 2 aromatic rings. The third-order valence-corrected chi connectivity index (χ3v) is 9.73. The number of ether oxygens (including phenoxy) is 3. The van der Waals surface area contributed by atoms with E-state index in [4.69, 9.17) is 14.2 Å². The number of aryl methyl sites for hydroxylation is 2. The molecule has 2 fully saturated rings. The lowest BCUT2D eigenvalue weighted by Crippen LogP contribution is -2.19. The molecule has 4 atom stereocenters. The van der Waals surface area contributed by atoms with Crippen molar-refractivity contribution in [1.82, 2.24) is 0 Å². The Hall–Kier alpha value is -3.24. The number of unbranched alkanes of at least 4 members (excludes halogenated alkanes) is 10. The lowest BCUT2D eigenvalue weighted by Gasteiger charge is -2.24. The average molecular weight is 691 g/mol. The predicted octanol–water partition coefficient (Wildman–Crippen LogP) is 13.2. The molecule has 4 rings (SSSR count). The van der Waals surface area contributed by atoms with Crippen molar-refractivity contribution in [1.29, 1.82) is 0 Å². The van der Waals surface area contributed by atoms with Crippen LogP contribution in [0.1, 0.15) is 137 Å². The number of allylic oxidation sites excluding steroid dienone is 10. The van der Waals surface area contributed by atoms with Gasteiger partial charge in [-0.1, -0.05) is 148 Å². The molecule has 0 radical (unpaired) electrons. The van der Waals surface area contributed by atoms with Crippen molar-refractivity contribution in [2.24, 2.45) is 0 Å². The maximum absolute atomic E-state index is 6.95. The van der Waals surface area contributed by atoms with Crippen LogP contribution in [0.15, 0.2) is 122 Å². The lowest BCUT2D eigenvalue weighted by atomic mass is 9.98. The van der Waals surface area contributed by atoms with Crippen LogP contribution in [0.25, 0.3) is 0 Å². The molecule has 2 aliphatic heterocycles. The van der Waals surface area contributed by atoms with Crippen LogP contribution >= 0.6 is 0 Å². The third-order valence-electron chi connectivity index (χ3n) is 9.73. The molecule has 0 bridgehead atoms. The van der Waals surface area contributed by atoms with Crippen LogP contribution in [-0.4, -0.2) is 25.4 Å². The summed E-state index contributed by atoms with van der Waals surface area (Å²) in [6.45, 7) is 9.02. The highest BCUT2D eigenvalue weighted by Crippen LogP contribution is 2.40. The van der Waals surface area contributed by atoms with Crippen molar-refractivity contribution in [2.75, 3.05) is 13.2 Å². The Labute approximate surface area is 311 Å². The van der Waals surface area contributed by atoms with E-state index in [2.05, 4.69) is 110 Å². The molecule has 2 aromatic carbocycles. The molecule has 0 aliphatic carbocycles. The number of rotatable bonds is 30. The van der Waals surface area contributed by atoms with Crippen LogP contribution in [0, 0.1) is 0 Å². The fourth-order valence-electron chi connectivity index (χ4n) is 6.64. The minimum Gasteiger partial charge on any atom is -0.370 e. The zero-order chi connectivity index (χ0) is 35.6. The van der Waals surface area contributed by atoms with Crippen molar-refractivity contribution < 1.29 is 14.2 Å². The highest BCUT2D eigenvalue weighted by molar-refractivity contribution is 5.29. The first kappa shape index (κ1) is 40.5. The lowest BCUT2D eigenvalue weighted by molar-refractivity contribution is -0.0419. The molecular weight excluding hydrogens is 625 g/mol. The van der Waals surface area contributed by atoms with Gasteiger partial charge in [0, 0.05) is 0 Å². The Bertz CT molecular complexity index is 1250. The minimum atomic E-state index is -0.0723. The van der Waals surface area contributed by atoms with Crippen LogP contribution in [0.2, 0.25) is 0 Å². The van der Waals surface area contributed by atoms with Gasteiger partial charge in [-0.15, -0.1) is 13.2 Å². The van der Waals surface area contributed by atoms with Crippen molar-refractivity contribution in [3.8, 4) is 0 Å². The topological polar surface area (TPSA) is 34.3 Å². The Balaban J connectivity index is 1.16. The molecule has 0 amide bonds.